The number of hydrogen-bond donors (Lipinski definition) is 1. The maximum atomic E-state index is 9.63. The maximum absolute atomic E-state index is 9.63. The second-order valence-electron chi connectivity index (χ2n) is 3.17. The standard InChI is InChI=1S/C11H8O3/c12-8-4-5-10-11-7(8)2-1-3-9(11)13-6-14-10/h1-5,12H,6H2. The second kappa shape index (κ2) is 2.54. The van der Waals surface area contributed by atoms with Gasteiger partial charge in [-0.15, -0.1) is 0 Å². The van der Waals surface area contributed by atoms with Gasteiger partial charge in [0.15, 0.2) is 0 Å². The van der Waals surface area contributed by atoms with Crippen LogP contribution in [0.5, 0.6) is 17.2 Å². The largest absolute Gasteiger partial charge is 0.507 e. The molecule has 1 aliphatic rings. The molecule has 0 saturated heterocycles. The summed E-state index contributed by atoms with van der Waals surface area (Å²) in [5.74, 6) is 1.78. The van der Waals surface area contributed by atoms with Crippen molar-refractivity contribution in [2.45, 2.75) is 0 Å². The monoisotopic (exact) mass is 188 g/mol. The Kier molecular flexibility index (Phi) is 1.36. The Morgan fingerprint density at radius 1 is 1.00 bits per heavy atom. The average Bonchev–Trinajstić information content (AvgIpc) is 2.24. The SMILES string of the molecule is Oc1ccc2c3c(cccc13)OCO2. The Bertz CT molecular complexity index is 495. The third-order valence-electron chi connectivity index (χ3n) is 2.37. The van der Waals surface area contributed by atoms with Crippen molar-refractivity contribution in [2.75, 3.05) is 6.79 Å². The van der Waals surface area contributed by atoms with Crippen LogP contribution in [0.15, 0.2) is 30.3 Å². The predicted molar refractivity (Wildman–Crippen MR) is 51.7 cm³/mol. The van der Waals surface area contributed by atoms with Crippen LogP contribution in [0, 0.1) is 0 Å². The number of rotatable bonds is 0. The number of aromatic hydroxyl groups is 1. The molecule has 0 saturated carbocycles. The lowest BCUT2D eigenvalue weighted by Gasteiger charge is -2.19. The van der Waals surface area contributed by atoms with Gasteiger partial charge in [0.1, 0.15) is 17.2 Å². The third kappa shape index (κ3) is 0.865. The summed E-state index contributed by atoms with van der Waals surface area (Å²) in [4.78, 5) is 0. The first-order chi connectivity index (χ1) is 6.86. The summed E-state index contributed by atoms with van der Waals surface area (Å²) in [5, 5.41) is 11.2. The number of hydrogen-bond acceptors (Lipinski definition) is 3. The summed E-state index contributed by atoms with van der Waals surface area (Å²) in [6.45, 7) is 0.233. The highest BCUT2D eigenvalue weighted by Gasteiger charge is 2.15. The van der Waals surface area contributed by atoms with Crippen LogP contribution >= 0.6 is 0 Å². The van der Waals surface area contributed by atoms with E-state index in [9.17, 15) is 5.11 Å². The third-order valence-corrected chi connectivity index (χ3v) is 2.37. The summed E-state index contributed by atoms with van der Waals surface area (Å²) in [6, 6.07) is 8.95. The fourth-order valence-electron chi connectivity index (χ4n) is 1.72. The van der Waals surface area contributed by atoms with E-state index in [2.05, 4.69) is 0 Å². The minimum absolute atomic E-state index is 0.233. The first-order valence-corrected chi connectivity index (χ1v) is 4.36. The van der Waals surface area contributed by atoms with Crippen LogP contribution in [0.4, 0.5) is 0 Å². The van der Waals surface area contributed by atoms with Gasteiger partial charge < -0.3 is 14.6 Å². The van der Waals surface area contributed by atoms with Crippen LogP contribution in [-0.2, 0) is 0 Å². The molecule has 0 fully saturated rings. The van der Waals surface area contributed by atoms with E-state index in [0.29, 0.717) is 0 Å². The van der Waals surface area contributed by atoms with Crippen molar-refractivity contribution < 1.29 is 14.6 Å². The molecule has 2 aromatic rings. The molecule has 3 rings (SSSR count). The molecule has 1 aliphatic heterocycles. The smallest absolute Gasteiger partial charge is 0.230 e. The van der Waals surface area contributed by atoms with E-state index < -0.39 is 0 Å². The van der Waals surface area contributed by atoms with Gasteiger partial charge in [0.05, 0.1) is 5.39 Å². The Hall–Kier alpha value is -1.90. The van der Waals surface area contributed by atoms with E-state index in [1.807, 2.05) is 18.2 Å². The van der Waals surface area contributed by atoms with Crippen LogP contribution < -0.4 is 9.47 Å². The Labute approximate surface area is 80.5 Å². The van der Waals surface area contributed by atoms with Crippen molar-refractivity contribution in [2.24, 2.45) is 0 Å². The lowest BCUT2D eigenvalue weighted by atomic mass is 10.1. The molecule has 1 N–H and O–H groups in total. The van der Waals surface area contributed by atoms with E-state index in [4.69, 9.17) is 9.47 Å². The molecule has 0 aliphatic carbocycles. The van der Waals surface area contributed by atoms with E-state index in [1.165, 1.54) is 0 Å². The van der Waals surface area contributed by atoms with Gasteiger partial charge in [-0.25, -0.2) is 0 Å². The van der Waals surface area contributed by atoms with Crippen LogP contribution in [0.1, 0.15) is 0 Å². The molecule has 2 aromatic carbocycles. The molecule has 1 heterocycles. The van der Waals surface area contributed by atoms with Gasteiger partial charge in [0, 0.05) is 5.39 Å². The van der Waals surface area contributed by atoms with Crippen LogP contribution in [0.3, 0.4) is 0 Å². The lowest BCUT2D eigenvalue weighted by Crippen LogP contribution is -2.10. The Morgan fingerprint density at radius 2 is 1.79 bits per heavy atom. The molecular formula is C11H8O3. The highest BCUT2D eigenvalue weighted by atomic mass is 16.7. The molecular weight excluding hydrogens is 180 g/mol. The molecule has 0 amide bonds. The van der Waals surface area contributed by atoms with E-state index in [0.717, 1.165) is 22.3 Å². The van der Waals surface area contributed by atoms with E-state index in [1.54, 1.807) is 12.1 Å². The summed E-state index contributed by atoms with van der Waals surface area (Å²) >= 11 is 0. The van der Waals surface area contributed by atoms with E-state index >= 15 is 0 Å². The zero-order chi connectivity index (χ0) is 9.54. The molecule has 14 heavy (non-hydrogen) atoms. The first kappa shape index (κ1) is 7.50. The molecule has 70 valence electrons. The van der Waals surface area contributed by atoms with Gasteiger partial charge in [0.25, 0.3) is 0 Å². The molecule has 3 nitrogen and oxygen atoms in total. The molecule has 0 unspecified atom stereocenters. The number of phenols is 1. The van der Waals surface area contributed by atoms with Crippen molar-refractivity contribution in [1.29, 1.82) is 0 Å². The van der Waals surface area contributed by atoms with Crippen molar-refractivity contribution in [3.05, 3.63) is 30.3 Å². The fraction of sp³-hybridized carbons (Fsp3) is 0.0909. The van der Waals surface area contributed by atoms with E-state index in [-0.39, 0.29) is 12.5 Å². The summed E-state index contributed by atoms with van der Waals surface area (Å²) in [6.07, 6.45) is 0. The molecule has 0 radical (unpaired) electrons. The van der Waals surface area contributed by atoms with Gasteiger partial charge in [-0.3, -0.25) is 0 Å². The Balaban J connectivity index is 2.51. The van der Waals surface area contributed by atoms with Crippen LogP contribution in [0.2, 0.25) is 0 Å². The second-order valence-corrected chi connectivity index (χ2v) is 3.17. The highest BCUT2D eigenvalue weighted by molar-refractivity contribution is 5.97. The topological polar surface area (TPSA) is 38.7 Å². The zero-order valence-corrected chi connectivity index (χ0v) is 7.36. The normalized spacial score (nSPS) is 13.4. The van der Waals surface area contributed by atoms with Gasteiger partial charge in [-0.1, -0.05) is 12.1 Å². The minimum Gasteiger partial charge on any atom is -0.507 e. The van der Waals surface area contributed by atoms with Crippen molar-refractivity contribution in [1.82, 2.24) is 0 Å². The molecule has 0 atom stereocenters. The number of ether oxygens (including phenoxy) is 2. The fourth-order valence-corrected chi connectivity index (χ4v) is 1.72. The van der Waals surface area contributed by atoms with Crippen LogP contribution in [0.25, 0.3) is 10.8 Å². The number of benzene rings is 2. The van der Waals surface area contributed by atoms with Crippen LogP contribution in [-0.4, -0.2) is 11.9 Å². The molecule has 0 aromatic heterocycles. The number of phenolic OH excluding ortho intramolecular Hbond substituents is 1. The summed E-state index contributed by atoms with van der Waals surface area (Å²) in [7, 11) is 0. The van der Waals surface area contributed by atoms with Gasteiger partial charge >= 0.3 is 0 Å². The average molecular weight is 188 g/mol. The maximum Gasteiger partial charge on any atom is 0.230 e. The van der Waals surface area contributed by atoms with Gasteiger partial charge in [-0.2, -0.15) is 0 Å². The predicted octanol–water partition coefficient (Wildman–Crippen LogP) is 2.27. The van der Waals surface area contributed by atoms with Crippen molar-refractivity contribution >= 4 is 10.8 Å². The molecule has 0 bridgehead atoms. The first-order valence-electron chi connectivity index (χ1n) is 4.36. The highest BCUT2D eigenvalue weighted by Crippen LogP contribution is 2.40. The summed E-state index contributed by atoms with van der Waals surface area (Å²) in [5.41, 5.74) is 0. The molecule has 3 heteroatoms. The van der Waals surface area contributed by atoms with Crippen molar-refractivity contribution in [3.63, 3.8) is 0 Å². The van der Waals surface area contributed by atoms with Crippen molar-refractivity contribution in [3.8, 4) is 17.2 Å². The zero-order valence-electron chi connectivity index (χ0n) is 7.36. The Morgan fingerprint density at radius 3 is 2.64 bits per heavy atom. The minimum atomic E-state index is 0.233. The summed E-state index contributed by atoms with van der Waals surface area (Å²) < 4.78 is 10.6. The van der Waals surface area contributed by atoms with Gasteiger partial charge in [0.2, 0.25) is 6.79 Å². The lowest BCUT2D eigenvalue weighted by molar-refractivity contribution is 0.112. The van der Waals surface area contributed by atoms with Gasteiger partial charge in [-0.05, 0) is 18.2 Å². The molecule has 0 spiro atoms. The quantitative estimate of drug-likeness (QED) is 0.689.